The molecule has 2 aromatic heterocycles. The number of aromatic nitrogens is 4. The number of carbonyl (C=O) groups is 1. The standard InChI is InChI=1S/C17H11F2N5OS/c1-9-15(22-23-24(9)13-7-6-10(18)8-11(13)19)16(25)21-17-20-12-4-2-3-5-14(12)26-17/h2-8H,1H3,(H,20,21,25). The Hall–Kier alpha value is -3.20. The van der Waals surface area contributed by atoms with Crippen LogP contribution in [0.1, 0.15) is 16.2 Å². The number of carbonyl (C=O) groups excluding carboxylic acids is 1. The highest BCUT2D eigenvalue weighted by Crippen LogP contribution is 2.26. The first-order valence-electron chi connectivity index (χ1n) is 7.57. The molecule has 0 aliphatic rings. The Morgan fingerprint density at radius 3 is 2.77 bits per heavy atom. The minimum absolute atomic E-state index is 0.00966. The van der Waals surface area contributed by atoms with E-state index in [1.165, 1.54) is 17.4 Å². The first-order chi connectivity index (χ1) is 12.5. The molecule has 0 radical (unpaired) electrons. The van der Waals surface area contributed by atoms with Gasteiger partial charge in [0.15, 0.2) is 16.6 Å². The Bertz CT molecular complexity index is 1100. The zero-order chi connectivity index (χ0) is 18.3. The summed E-state index contributed by atoms with van der Waals surface area (Å²) in [7, 11) is 0. The van der Waals surface area contributed by atoms with E-state index in [9.17, 15) is 13.6 Å². The third kappa shape index (κ3) is 2.82. The van der Waals surface area contributed by atoms with Crippen LogP contribution in [-0.4, -0.2) is 25.9 Å². The van der Waals surface area contributed by atoms with E-state index in [-0.39, 0.29) is 11.4 Å². The summed E-state index contributed by atoms with van der Waals surface area (Å²) < 4.78 is 29.1. The summed E-state index contributed by atoms with van der Waals surface area (Å²) in [6.07, 6.45) is 0. The van der Waals surface area contributed by atoms with Crippen LogP contribution in [0.3, 0.4) is 0 Å². The molecule has 1 amide bonds. The van der Waals surface area contributed by atoms with E-state index in [2.05, 4.69) is 20.6 Å². The lowest BCUT2D eigenvalue weighted by Gasteiger charge is -2.05. The molecule has 6 nitrogen and oxygen atoms in total. The predicted molar refractivity (Wildman–Crippen MR) is 93.6 cm³/mol. The van der Waals surface area contributed by atoms with Gasteiger partial charge in [-0.3, -0.25) is 10.1 Å². The molecule has 0 saturated heterocycles. The van der Waals surface area contributed by atoms with Crippen molar-refractivity contribution in [2.75, 3.05) is 5.32 Å². The number of hydrogen-bond donors (Lipinski definition) is 1. The lowest BCUT2D eigenvalue weighted by molar-refractivity contribution is 0.102. The van der Waals surface area contributed by atoms with Gasteiger partial charge in [-0.1, -0.05) is 28.7 Å². The van der Waals surface area contributed by atoms with Crippen LogP contribution in [0, 0.1) is 18.6 Å². The van der Waals surface area contributed by atoms with Crippen molar-refractivity contribution in [3.05, 3.63) is 65.5 Å². The van der Waals surface area contributed by atoms with Gasteiger partial charge >= 0.3 is 0 Å². The topological polar surface area (TPSA) is 72.7 Å². The van der Waals surface area contributed by atoms with Crippen molar-refractivity contribution < 1.29 is 13.6 Å². The van der Waals surface area contributed by atoms with E-state index in [1.54, 1.807) is 6.92 Å². The first-order valence-corrected chi connectivity index (χ1v) is 8.39. The van der Waals surface area contributed by atoms with Gasteiger partial charge in [-0.05, 0) is 31.2 Å². The molecular weight excluding hydrogens is 360 g/mol. The van der Waals surface area contributed by atoms with Crippen LogP contribution < -0.4 is 5.32 Å². The fourth-order valence-electron chi connectivity index (χ4n) is 2.50. The number of anilines is 1. The molecule has 2 aromatic carbocycles. The molecular formula is C17H11F2N5OS. The predicted octanol–water partition coefficient (Wildman–Crippen LogP) is 3.72. The second kappa shape index (κ2) is 6.26. The number of para-hydroxylation sites is 1. The molecule has 4 rings (SSSR count). The van der Waals surface area contributed by atoms with Crippen molar-refractivity contribution in [1.29, 1.82) is 0 Å². The van der Waals surface area contributed by atoms with Crippen molar-refractivity contribution in [3.63, 3.8) is 0 Å². The van der Waals surface area contributed by atoms with Crippen LogP contribution in [0.4, 0.5) is 13.9 Å². The number of amides is 1. The number of thiazole rings is 1. The van der Waals surface area contributed by atoms with E-state index >= 15 is 0 Å². The Labute approximate surface area is 150 Å². The summed E-state index contributed by atoms with van der Waals surface area (Å²) in [5, 5.41) is 10.7. The maximum Gasteiger partial charge on any atom is 0.279 e. The van der Waals surface area contributed by atoms with Gasteiger partial charge in [-0.15, -0.1) is 5.10 Å². The second-order valence-electron chi connectivity index (χ2n) is 5.47. The smallest absolute Gasteiger partial charge is 0.279 e. The number of nitrogens with one attached hydrogen (secondary N) is 1. The fraction of sp³-hybridized carbons (Fsp3) is 0.0588. The average molecular weight is 371 g/mol. The number of hydrogen-bond acceptors (Lipinski definition) is 5. The van der Waals surface area contributed by atoms with Gasteiger partial charge in [0.2, 0.25) is 0 Å². The normalized spacial score (nSPS) is 11.0. The summed E-state index contributed by atoms with van der Waals surface area (Å²) in [4.78, 5) is 16.8. The van der Waals surface area contributed by atoms with Crippen LogP contribution >= 0.6 is 11.3 Å². The Morgan fingerprint density at radius 2 is 2.00 bits per heavy atom. The van der Waals surface area contributed by atoms with E-state index < -0.39 is 17.5 Å². The highest BCUT2D eigenvalue weighted by Gasteiger charge is 2.20. The quantitative estimate of drug-likeness (QED) is 0.596. The highest BCUT2D eigenvalue weighted by atomic mass is 32.1. The summed E-state index contributed by atoms with van der Waals surface area (Å²) in [5.41, 5.74) is 1.15. The fourth-order valence-corrected chi connectivity index (χ4v) is 3.36. The number of nitrogens with zero attached hydrogens (tertiary/aromatic N) is 4. The molecule has 0 bridgehead atoms. The minimum Gasteiger partial charge on any atom is -0.296 e. The number of benzene rings is 2. The lowest BCUT2D eigenvalue weighted by Crippen LogP contribution is -2.14. The van der Waals surface area contributed by atoms with Gasteiger partial charge < -0.3 is 0 Å². The van der Waals surface area contributed by atoms with Crippen LogP contribution in [0.15, 0.2) is 42.5 Å². The molecule has 9 heteroatoms. The summed E-state index contributed by atoms with van der Waals surface area (Å²) in [6, 6.07) is 10.6. The SMILES string of the molecule is Cc1c(C(=O)Nc2nc3ccccc3s2)nnn1-c1ccc(F)cc1F. The second-order valence-corrected chi connectivity index (χ2v) is 6.50. The zero-order valence-corrected chi connectivity index (χ0v) is 14.2. The third-order valence-electron chi connectivity index (χ3n) is 3.76. The van der Waals surface area contributed by atoms with Crippen molar-refractivity contribution in [2.24, 2.45) is 0 Å². The molecule has 0 aliphatic heterocycles. The summed E-state index contributed by atoms with van der Waals surface area (Å²) in [5.74, 6) is -2.00. The maximum atomic E-state index is 14.0. The largest absolute Gasteiger partial charge is 0.296 e. The highest BCUT2D eigenvalue weighted by molar-refractivity contribution is 7.22. The average Bonchev–Trinajstić information content (AvgIpc) is 3.18. The van der Waals surface area contributed by atoms with Gasteiger partial charge in [-0.25, -0.2) is 18.4 Å². The van der Waals surface area contributed by atoms with Crippen LogP contribution in [0.2, 0.25) is 0 Å². The number of halogens is 2. The van der Waals surface area contributed by atoms with Gasteiger partial charge in [0.1, 0.15) is 11.5 Å². The van der Waals surface area contributed by atoms with Crippen LogP contribution in [0.5, 0.6) is 0 Å². The first kappa shape index (κ1) is 16.3. The van der Waals surface area contributed by atoms with Crippen molar-refractivity contribution >= 4 is 32.6 Å². The van der Waals surface area contributed by atoms with E-state index in [0.717, 1.165) is 27.0 Å². The van der Waals surface area contributed by atoms with Crippen LogP contribution in [-0.2, 0) is 0 Å². The Morgan fingerprint density at radius 1 is 1.19 bits per heavy atom. The Balaban J connectivity index is 1.63. The summed E-state index contributed by atoms with van der Waals surface area (Å²) in [6.45, 7) is 1.58. The molecule has 0 atom stereocenters. The molecule has 0 fully saturated rings. The molecule has 0 spiro atoms. The van der Waals surface area contributed by atoms with E-state index in [1.807, 2.05) is 24.3 Å². The molecule has 0 aliphatic carbocycles. The molecule has 2 heterocycles. The lowest BCUT2D eigenvalue weighted by atomic mass is 10.2. The van der Waals surface area contributed by atoms with E-state index in [4.69, 9.17) is 0 Å². The monoisotopic (exact) mass is 371 g/mol. The van der Waals surface area contributed by atoms with Gasteiger partial charge in [0.05, 0.1) is 15.9 Å². The van der Waals surface area contributed by atoms with E-state index in [0.29, 0.717) is 10.8 Å². The molecule has 4 aromatic rings. The zero-order valence-electron chi connectivity index (χ0n) is 13.4. The maximum absolute atomic E-state index is 14.0. The van der Waals surface area contributed by atoms with Crippen LogP contribution in [0.25, 0.3) is 15.9 Å². The molecule has 0 saturated carbocycles. The molecule has 0 unspecified atom stereocenters. The Kier molecular flexibility index (Phi) is 3.92. The molecule has 26 heavy (non-hydrogen) atoms. The summed E-state index contributed by atoms with van der Waals surface area (Å²) >= 11 is 1.33. The van der Waals surface area contributed by atoms with Gasteiger partial charge in [0, 0.05) is 6.07 Å². The van der Waals surface area contributed by atoms with Crippen molar-refractivity contribution in [3.8, 4) is 5.69 Å². The molecule has 1 N–H and O–H groups in total. The molecule has 130 valence electrons. The third-order valence-corrected chi connectivity index (χ3v) is 4.71. The van der Waals surface area contributed by atoms with Gasteiger partial charge in [-0.2, -0.15) is 0 Å². The number of fused-ring (bicyclic) bond motifs is 1. The van der Waals surface area contributed by atoms with Gasteiger partial charge in [0.25, 0.3) is 5.91 Å². The minimum atomic E-state index is -0.795. The van der Waals surface area contributed by atoms with Crippen molar-refractivity contribution in [2.45, 2.75) is 6.92 Å². The number of rotatable bonds is 3. The van der Waals surface area contributed by atoms with Crippen molar-refractivity contribution in [1.82, 2.24) is 20.0 Å².